The van der Waals surface area contributed by atoms with Gasteiger partial charge < -0.3 is 15.1 Å². The fourth-order valence-corrected chi connectivity index (χ4v) is 3.99. The third kappa shape index (κ3) is 5.02. The molecule has 0 aliphatic carbocycles. The zero-order valence-corrected chi connectivity index (χ0v) is 15.5. The summed E-state index contributed by atoms with van der Waals surface area (Å²) in [4.78, 5) is 10.9. The van der Waals surface area contributed by atoms with Gasteiger partial charge in [0.2, 0.25) is 0 Å². The molecule has 3 atom stereocenters. The largest absolute Gasteiger partial charge is 0.505 e. The maximum absolute atomic E-state index is 9.77. The topological polar surface area (TPSA) is 69.5 Å². The standard InChI is InChI=1S/C21H29N3O2/c1-16(21-22-10-20(26)11-23-21)12-24-13-18(19(14-24)15-25)9-5-8-17-6-3-2-4-7-17/h2-4,6-7,10-11,16,18-19,25-26H,5,8-9,12-15H2,1H3/t16?,18-,19-/m1/s1. The molecule has 5 heteroatoms. The van der Waals surface area contributed by atoms with Crippen molar-refractivity contribution in [2.45, 2.75) is 32.1 Å². The Morgan fingerprint density at radius 3 is 2.50 bits per heavy atom. The van der Waals surface area contributed by atoms with Gasteiger partial charge in [0, 0.05) is 32.2 Å². The molecule has 26 heavy (non-hydrogen) atoms. The first kappa shape index (κ1) is 18.8. The van der Waals surface area contributed by atoms with Crippen molar-refractivity contribution in [3.05, 3.63) is 54.1 Å². The van der Waals surface area contributed by atoms with Crippen LogP contribution < -0.4 is 0 Å². The van der Waals surface area contributed by atoms with E-state index in [-0.39, 0.29) is 18.3 Å². The first-order chi connectivity index (χ1) is 12.7. The first-order valence-corrected chi connectivity index (χ1v) is 9.53. The number of likely N-dealkylation sites (tertiary alicyclic amines) is 1. The molecule has 0 saturated carbocycles. The number of rotatable bonds is 8. The molecule has 1 aromatic carbocycles. The van der Waals surface area contributed by atoms with Gasteiger partial charge in [-0.3, -0.25) is 0 Å². The van der Waals surface area contributed by atoms with E-state index in [9.17, 15) is 10.2 Å². The lowest BCUT2D eigenvalue weighted by Crippen LogP contribution is -2.27. The van der Waals surface area contributed by atoms with Crippen molar-refractivity contribution >= 4 is 0 Å². The van der Waals surface area contributed by atoms with Crippen LogP contribution in [0.5, 0.6) is 5.75 Å². The van der Waals surface area contributed by atoms with Gasteiger partial charge in [-0.1, -0.05) is 37.3 Å². The second-order valence-corrected chi connectivity index (χ2v) is 7.50. The van der Waals surface area contributed by atoms with Gasteiger partial charge in [-0.2, -0.15) is 0 Å². The number of aliphatic hydroxyl groups is 1. The fourth-order valence-electron chi connectivity index (χ4n) is 3.99. The molecule has 1 aliphatic rings. The van der Waals surface area contributed by atoms with Crippen LogP contribution >= 0.6 is 0 Å². The zero-order chi connectivity index (χ0) is 18.4. The molecule has 0 bridgehead atoms. The van der Waals surface area contributed by atoms with Gasteiger partial charge in [-0.25, -0.2) is 9.97 Å². The maximum Gasteiger partial charge on any atom is 0.152 e. The average molecular weight is 355 g/mol. The predicted molar refractivity (Wildman–Crippen MR) is 102 cm³/mol. The number of aromatic hydroxyl groups is 1. The quantitative estimate of drug-likeness (QED) is 0.762. The molecule has 0 amide bonds. The second-order valence-electron chi connectivity index (χ2n) is 7.50. The van der Waals surface area contributed by atoms with Crippen molar-refractivity contribution < 1.29 is 10.2 Å². The smallest absolute Gasteiger partial charge is 0.152 e. The van der Waals surface area contributed by atoms with Crippen LogP contribution in [0.25, 0.3) is 0 Å². The molecule has 3 rings (SSSR count). The Morgan fingerprint density at radius 1 is 1.12 bits per heavy atom. The lowest BCUT2D eigenvalue weighted by molar-refractivity contribution is 0.195. The number of hydrogen-bond acceptors (Lipinski definition) is 5. The van der Waals surface area contributed by atoms with E-state index >= 15 is 0 Å². The van der Waals surface area contributed by atoms with E-state index in [4.69, 9.17) is 0 Å². The van der Waals surface area contributed by atoms with Gasteiger partial charge in [-0.05, 0) is 36.7 Å². The summed E-state index contributed by atoms with van der Waals surface area (Å²) >= 11 is 0. The molecule has 2 heterocycles. The highest BCUT2D eigenvalue weighted by atomic mass is 16.3. The lowest BCUT2D eigenvalue weighted by Gasteiger charge is -2.20. The van der Waals surface area contributed by atoms with E-state index in [2.05, 4.69) is 52.1 Å². The van der Waals surface area contributed by atoms with Crippen LogP contribution in [0.2, 0.25) is 0 Å². The number of aliphatic hydroxyl groups excluding tert-OH is 1. The molecule has 5 nitrogen and oxygen atoms in total. The molecule has 1 fully saturated rings. The summed E-state index contributed by atoms with van der Waals surface area (Å²) in [6, 6.07) is 10.6. The normalized spacial score (nSPS) is 21.8. The minimum absolute atomic E-state index is 0.0981. The molecule has 1 unspecified atom stereocenters. The van der Waals surface area contributed by atoms with Crippen molar-refractivity contribution in [1.29, 1.82) is 0 Å². The van der Waals surface area contributed by atoms with E-state index < -0.39 is 0 Å². The average Bonchev–Trinajstić information content (AvgIpc) is 3.04. The molecular formula is C21H29N3O2. The summed E-state index contributed by atoms with van der Waals surface area (Å²) in [5.74, 6) is 1.98. The number of benzene rings is 1. The van der Waals surface area contributed by atoms with Crippen LogP contribution in [0, 0.1) is 11.8 Å². The van der Waals surface area contributed by atoms with Crippen molar-refractivity contribution in [1.82, 2.24) is 14.9 Å². The van der Waals surface area contributed by atoms with Gasteiger partial charge >= 0.3 is 0 Å². The maximum atomic E-state index is 9.77. The SMILES string of the molecule is CC(CN1C[C@@H](CCCc2ccccc2)[C@@H](CO)C1)c1ncc(O)cn1. The number of nitrogens with zero attached hydrogens (tertiary/aromatic N) is 3. The van der Waals surface area contributed by atoms with E-state index in [1.807, 2.05) is 0 Å². The highest BCUT2D eigenvalue weighted by Crippen LogP contribution is 2.29. The van der Waals surface area contributed by atoms with Gasteiger partial charge in [0.15, 0.2) is 5.75 Å². The van der Waals surface area contributed by atoms with Gasteiger partial charge in [-0.15, -0.1) is 0 Å². The number of hydrogen-bond donors (Lipinski definition) is 2. The Morgan fingerprint density at radius 2 is 1.81 bits per heavy atom. The molecule has 140 valence electrons. The van der Waals surface area contributed by atoms with Gasteiger partial charge in [0.05, 0.1) is 12.4 Å². The Labute approximate surface area is 155 Å². The van der Waals surface area contributed by atoms with Crippen molar-refractivity contribution in [3.8, 4) is 5.75 Å². The Kier molecular flexibility index (Phi) is 6.58. The van der Waals surface area contributed by atoms with Crippen molar-refractivity contribution in [2.24, 2.45) is 11.8 Å². The third-order valence-corrected chi connectivity index (χ3v) is 5.40. The summed E-state index contributed by atoms with van der Waals surface area (Å²) < 4.78 is 0. The second kappa shape index (κ2) is 9.10. The molecule has 1 aromatic heterocycles. The molecule has 2 aromatic rings. The lowest BCUT2D eigenvalue weighted by atomic mass is 9.91. The third-order valence-electron chi connectivity index (χ3n) is 5.40. The summed E-state index contributed by atoms with van der Waals surface area (Å²) in [7, 11) is 0. The monoisotopic (exact) mass is 355 g/mol. The van der Waals surface area contributed by atoms with Crippen LogP contribution in [0.4, 0.5) is 0 Å². The molecular weight excluding hydrogens is 326 g/mol. The fraction of sp³-hybridized carbons (Fsp3) is 0.524. The van der Waals surface area contributed by atoms with Crippen LogP contribution in [0.3, 0.4) is 0 Å². The minimum atomic E-state index is 0.0981. The zero-order valence-electron chi connectivity index (χ0n) is 15.5. The van der Waals surface area contributed by atoms with E-state index in [1.54, 1.807) is 0 Å². The Balaban J connectivity index is 1.49. The Bertz CT molecular complexity index is 663. The van der Waals surface area contributed by atoms with Crippen LogP contribution in [-0.2, 0) is 6.42 Å². The predicted octanol–water partition coefficient (Wildman–Crippen LogP) is 2.85. The first-order valence-electron chi connectivity index (χ1n) is 9.53. The van der Waals surface area contributed by atoms with E-state index in [0.717, 1.165) is 44.7 Å². The molecule has 1 aliphatic heterocycles. The molecule has 0 spiro atoms. The summed E-state index contributed by atoms with van der Waals surface area (Å²) in [6.07, 6.45) is 6.32. The van der Waals surface area contributed by atoms with E-state index in [0.29, 0.717) is 11.8 Å². The number of aromatic nitrogens is 2. The molecule has 1 saturated heterocycles. The highest BCUT2D eigenvalue weighted by Gasteiger charge is 2.32. The minimum Gasteiger partial charge on any atom is -0.505 e. The number of aryl methyl sites for hydroxylation is 1. The van der Waals surface area contributed by atoms with Crippen LogP contribution in [0.15, 0.2) is 42.7 Å². The van der Waals surface area contributed by atoms with Gasteiger partial charge in [0.25, 0.3) is 0 Å². The molecule has 0 radical (unpaired) electrons. The summed E-state index contributed by atoms with van der Waals surface area (Å²) in [6.45, 7) is 5.23. The van der Waals surface area contributed by atoms with Crippen LogP contribution in [0.1, 0.15) is 37.1 Å². The highest BCUT2D eigenvalue weighted by molar-refractivity contribution is 5.14. The summed E-state index contributed by atoms with van der Waals surface area (Å²) in [5.41, 5.74) is 1.39. The molecule has 2 N–H and O–H groups in total. The Hall–Kier alpha value is -1.98. The van der Waals surface area contributed by atoms with E-state index in [1.165, 1.54) is 18.0 Å². The van der Waals surface area contributed by atoms with Gasteiger partial charge in [0.1, 0.15) is 5.82 Å². The van der Waals surface area contributed by atoms with Crippen molar-refractivity contribution in [3.63, 3.8) is 0 Å². The summed E-state index contributed by atoms with van der Waals surface area (Å²) in [5, 5.41) is 19.1. The van der Waals surface area contributed by atoms with Crippen LogP contribution in [-0.4, -0.2) is 51.3 Å². The van der Waals surface area contributed by atoms with Crippen molar-refractivity contribution in [2.75, 3.05) is 26.2 Å².